The summed E-state index contributed by atoms with van der Waals surface area (Å²) in [5.41, 5.74) is 5.28. The Labute approximate surface area is 256 Å². The molecule has 0 radical (unpaired) electrons. The molecule has 6 nitrogen and oxygen atoms in total. The van der Waals surface area contributed by atoms with Gasteiger partial charge in [-0.05, 0) is 83.7 Å². The molecule has 0 bridgehead atoms. The number of carbonyl (C=O) groups is 1. The van der Waals surface area contributed by atoms with Crippen LogP contribution in [0.5, 0.6) is 11.5 Å². The summed E-state index contributed by atoms with van der Waals surface area (Å²) in [7, 11) is -0.667. The maximum absolute atomic E-state index is 13.7. The molecule has 1 amide bonds. The van der Waals surface area contributed by atoms with Crippen molar-refractivity contribution in [3.8, 4) is 22.6 Å². The lowest BCUT2D eigenvalue weighted by Crippen LogP contribution is -2.25. The van der Waals surface area contributed by atoms with Gasteiger partial charge in [-0.15, -0.1) is 0 Å². The van der Waals surface area contributed by atoms with E-state index in [4.69, 9.17) is 9.47 Å². The van der Waals surface area contributed by atoms with Crippen LogP contribution in [0, 0.1) is 5.92 Å². The third kappa shape index (κ3) is 8.71. The van der Waals surface area contributed by atoms with Crippen molar-refractivity contribution in [3.63, 3.8) is 0 Å². The Bertz CT molecular complexity index is 1650. The van der Waals surface area contributed by atoms with E-state index in [1.807, 2.05) is 48.5 Å². The van der Waals surface area contributed by atoms with E-state index in [0.717, 1.165) is 29.5 Å². The third-order valence-electron chi connectivity index (χ3n) is 7.40. The van der Waals surface area contributed by atoms with Gasteiger partial charge in [0, 0.05) is 6.54 Å². The first-order chi connectivity index (χ1) is 20.7. The highest BCUT2D eigenvalue weighted by Crippen LogP contribution is 2.32. The fourth-order valence-electron chi connectivity index (χ4n) is 5.06. The second-order valence-electron chi connectivity index (χ2n) is 11.1. The van der Waals surface area contributed by atoms with Gasteiger partial charge in [-0.2, -0.15) is 0 Å². The minimum Gasteiger partial charge on any atom is -0.496 e. The van der Waals surface area contributed by atoms with Crippen molar-refractivity contribution in [2.45, 2.75) is 50.2 Å². The summed E-state index contributed by atoms with van der Waals surface area (Å²) >= 11 is 0. The maximum atomic E-state index is 13.7. The number of rotatable bonds is 14. The number of amides is 1. The van der Waals surface area contributed by atoms with E-state index in [-0.39, 0.29) is 16.6 Å². The van der Waals surface area contributed by atoms with E-state index >= 15 is 0 Å². The zero-order valence-corrected chi connectivity index (χ0v) is 26.2. The van der Waals surface area contributed by atoms with Gasteiger partial charge >= 0.3 is 0 Å². The van der Waals surface area contributed by atoms with Crippen LogP contribution < -0.4 is 14.8 Å². The predicted molar refractivity (Wildman–Crippen MR) is 173 cm³/mol. The summed E-state index contributed by atoms with van der Waals surface area (Å²) in [6.45, 7) is 4.91. The number of hydrogen-bond acceptors (Lipinski definition) is 5. The number of nitrogens with one attached hydrogen (secondary N) is 1. The summed E-state index contributed by atoms with van der Waals surface area (Å²) in [6.07, 6.45) is 3.49. The van der Waals surface area contributed by atoms with Crippen LogP contribution in [0.2, 0.25) is 0 Å². The molecule has 0 aliphatic carbocycles. The van der Waals surface area contributed by atoms with Crippen LogP contribution in [0.25, 0.3) is 11.1 Å². The SMILES string of the molecule is COc1ccccc1C(=O)NCCCc1cccc(CS(=O)(=O)c2cc(-c3cccc(CCC(C)C)c3)ccc2OC)c1. The molecule has 0 aromatic heterocycles. The van der Waals surface area contributed by atoms with Crippen LogP contribution in [0.3, 0.4) is 0 Å². The monoisotopic (exact) mass is 599 g/mol. The molecule has 7 heteroatoms. The highest BCUT2D eigenvalue weighted by atomic mass is 32.2. The van der Waals surface area contributed by atoms with Gasteiger partial charge in [0.25, 0.3) is 5.91 Å². The molecular weight excluding hydrogens is 558 g/mol. The van der Waals surface area contributed by atoms with Crippen molar-refractivity contribution in [3.05, 3.63) is 113 Å². The molecule has 4 aromatic carbocycles. The first-order valence-corrected chi connectivity index (χ1v) is 16.3. The molecule has 0 saturated carbocycles. The van der Waals surface area contributed by atoms with E-state index < -0.39 is 9.84 Å². The predicted octanol–water partition coefficient (Wildman–Crippen LogP) is 7.30. The lowest BCUT2D eigenvalue weighted by Gasteiger charge is -2.13. The molecule has 4 aromatic rings. The molecule has 0 heterocycles. The minimum atomic E-state index is -3.70. The molecule has 0 aliphatic rings. The molecular formula is C36H41NO5S. The Kier molecular flexibility index (Phi) is 11.0. The second-order valence-corrected chi connectivity index (χ2v) is 13.1. The molecule has 0 fully saturated rings. The number of para-hydroxylation sites is 1. The molecule has 226 valence electrons. The van der Waals surface area contributed by atoms with Gasteiger partial charge in [-0.25, -0.2) is 8.42 Å². The summed E-state index contributed by atoms with van der Waals surface area (Å²) in [5.74, 6) is 1.16. The van der Waals surface area contributed by atoms with Crippen LogP contribution in [-0.2, 0) is 28.4 Å². The summed E-state index contributed by atoms with van der Waals surface area (Å²) < 4.78 is 38.2. The van der Waals surface area contributed by atoms with E-state index in [1.165, 1.54) is 12.7 Å². The van der Waals surface area contributed by atoms with Crippen LogP contribution in [0.1, 0.15) is 53.7 Å². The average Bonchev–Trinajstić information content (AvgIpc) is 3.01. The zero-order valence-electron chi connectivity index (χ0n) is 25.4. The van der Waals surface area contributed by atoms with Crippen molar-refractivity contribution in [2.75, 3.05) is 20.8 Å². The zero-order chi connectivity index (χ0) is 30.8. The standard InChI is InChI=1S/C36H41NO5S/c1-26(2)17-18-28-11-8-14-30(23-28)31-19-20-34(42-4)35(24-31)43(39,40)25-29-12-7-10-27(22-29)13-9-21-37-36(38)32-15-5-6-16-33(32)41-3/h5-8,10-12,14-16,19-20,22-24,26H,9,13,17-18,21,25H2,1-4H3,(H,37,38). The first kappa shape index (κ1) is 31.8. The largest absolute Gasteiger partial charge is 0.496 e. The number of aryl methyl sites for hydroxylation is 2. The average molecular weight is 600 g/mol. The second kappa shape index (κ2) is 14.9. The molecule has 4 rings (SSSR count). The van der Waals surface area contributed by atoms with Gasteiger partial charge in [0.1, 0.15) is 16.4 Å². The molecule has 0 spiro atoms. The Morgan fingerprint density at radius 1 is 0.744 bits per heavy atom. The van der Waals surface area contributed by atoms with Crippen molar-refractivity contribution in [1.29, 1.82) is 0 Å². The molecule has 1 N–H and O–H groups in total. The number of methoxy groups -OCH3 is 2. The molecule has 0 unspecified atom stereocenters. The maximum Gasteiger partial charge on any atom is 0.255 e. The molecule has 0 aliphatic heterocycles. The van der Waals surface area contributed by atoms with Crippen LogP contribution in [0.4, 0.5) is 0 Å². The van der Waals surface area contributed by atoms with E-state index in [2.05, 4.69) is 31.3 Å². The van der Waals surface area contributed by atoms with Crippen LogP contribution >= 0.6 is 0 Å². The first-order valence-electron chi connectivity index (χ1n) is 14.7. The lowest BCUT2D eigenvalue weighted by atomic mass is 9.98. The fraction of sp³-hybridized carbons (Fsp3) is 0.306. The number of carbonyl (C=O) groups excluding carboxylic acids is 1. The highest BCUT2D eigenvalue weighted by molar-refractivity contribution is 7.90. The Morgan fingerprint density at radius 3 is 2.16 bits per heavy atom. The normalized spacial score (nSPS) is 11.4. The Balaban J connectivity index is 1.43. The topological polar surface area (TPSA) is 81.7 Å². The highest BCUT2D eigenvalue weighted by Gasteiger charge is 2.22. The van der Waals surface area contributed by atoms with Crippen LogP contribution in [0.15, 0.2) is 95.9 Å². The van der Waals surface area contributed by atoms with Gasteiger partial charge in [0.15, 0.2) is 9.84 Å². The lowest BCUT2D eigenvalue weighted by molar-refractivity contribution is 0.0950. The molecule has 43 heavy (non-hydrogen) atoms. The van der Waals surface area contributed by atoms with Gasteiger partial charge in [0.05, 0.1) is 25.5 Å². The number of hydrogen-bond donors (Lipinski definition) is 1. The summed E-state index contributed by atoms with van der Waals surface area (Å²) in [4.78, 5) is 12.7. The fourth-order valence-corrected chi connectivity index (χ4v) is 6.59. The van der Waals surface area contributed by atoms with Gasteiger partial charge in [0.2, 0.25) is 0 Å². The van der Waals surface area contributed by atoms with Crippen molar-refractivity contribution in [2.24, 2.45) is 5.92 Å². The van der Waals surface area contributed by atoms with E-state index in [9.17, 15) is 13.2 Å². The summed E-state index contributed by atoms with van der Waals surface area (Å²) in [6, 6.07) is 28.4. The van der Waals surface area contributed by atoms with Gasteiger partial charge < -0.3 is 14.8 Å². The molecule has 0 atom stereocenters. The van der Waals surface area contributed by atoms with Crippen LogP contribution in [-0.4, -0.2) is 35.1 Å². The van der Waals surface area contributed by atoms with Crippen molar-refractivity contribution < 1.29 is 22.7 Å². The third-order valence-corrected chi connectivity index (χ3v) is 9.10. The minimum absolute atomic E-state index is 0.139. The van der Waals surface area contributed by atoms with Crippen molar-refractivity contribution in [1.82, 2.24) is 5.32 Å². The smallest absolute Gasteiger partial charge is 0.255 e. The number of ether oxygens (including phenoxy) is 2. The molecule has 0 saturated heterocycles. The number of benzene rings is 4. The van der Waals surface area contributed by atoms with E-state index in [0.29, 0.717) is 47.9 Å². The van der Waals surface area contributed by atoms with E-state index in [1.54, 1.807) is 37.4 Å². The van der Waals surface area contributed by atoms with Gasteiger partial charge in [-0.3, -0.25) is 4.79 Å². The summed E-state index contributed by atoms with van der Waals surface area (Å²) in [5, 5.41) is 2.94. The quantitative estimate of drug-likeness (QED) is 0.154. The Hall–Kier alpha value is -4.10. The number of sulfone groups is 1. The van der Waals surface area contributed by atoms with Crippen molar-refractivity contribution >= 4 is 15.7 Å². The Morgan fingerprint density at radius 2 is 1.42 bits per heavy atom. The van der Waals surface area contributed by atoms with Gasteiger partial charge in [-0.1, -0.05) is 80.6 Å².